The molecule has 0 amide bonds. The van der Waals surface area contributed by atoms with E-state index in [0.717, 1.165) is 29.4 Å². The van der Waals surface area contributed by atoms with Crippen LogP contribution in [-0.4, -0.2) is 22.3 Å². The van der Waals surface area contributed by atoms with Crippen molar-refractivity contribution in [2.45, 2.75) is 44.2 Å². The van der Waals surface area contributed by atoms with Gasteiger partial charge in [-0.25, -0.2) is 0 Å². The maximum Gasteiger partial charge on any atom is 0.0950 e. The zero-order chi connectivity index (χ0) is 13.1. The minimum absolute atomic E-state index is 0.231. The third-order valence-corrected chi connectivity index (χ3v) is 3.96. The number of rotatable bonds is 2. The van der Waals surface area contributed by atoms with E-state index in [1.165, 1.54) is 19.3 Å². The molecule has 1 heterocycles. The molecule has 2 unspecified atom stereocenters. The highest BCUT2D eigenvalue weighted by atomic mass is 15.1. The van der Waals surface area contributed by atoms with Gasteiger partial charge in [-0.2, -0.15) is 10.2 Å². The molecule has 100 valence electrons. The normalized spacial score (nSPS) is 24.1. The van der Waals surface area contributed by atoms with Crippen LogP contribution in [0.25, 0.3) is 10.9 Å². The molecule has 2 aromatic rings. The Morgan fingerprint density at radius 2 is 1.95 bits per heavy atom. The van der Waals surface area contributed by atoms with Gasteiger partial charge in [-0.3, -0.25) is 0 Å². The first-order chi connectivity index (χ1) is 9.34. The number of hydrogen-bond acceptors (Lipinski definition) is 4. The molecule has 1 aliphatic rings. The van der Waals surface area contributed by atoms with Crippen molar-refractivity contribution in [2.75, 3.05) is 5.32 Å². The van der Waals surface area contributed by atoms with Crippen molar-refractivity contribution in [3.63, 3.8) is 0 Å². The molecule has 0 radical (unpaired) electrons. The van der Waals surface area contributed by atoms with Gasteiger partial charge in [0.2, 0.25) is 0 Å². The minimum Gasteiger partial charge on any atom is -0.379 e. The molecule has 0 saturated heterocycles. The van der Waals surface area contributed by atoms with Crippen LogP contribution in [0.4, 0.5) is 5.69 Å². The number of nitrogens with one attached hydrogen (secondary N) is 1. The van der Waals surface area contributed by atoms with Crippen molar-refractivity contribution in [2.24, 2.45) is 5.73 Å². The number of aromatic nitrogens is 2. The molecule has 0 spiro atoms. The Morgan fingerprint density at radius 1 is 1.11 bits per heavy atom. The molecule has 0 bridgehead atoms. The van der Waals surface area contributed by atoms with Gasteiger partial charge in [0.05, 0.1) is 17.4 Å². The Balaban J connectivity index is 1.88. The Hall–Kier alpha value is -1.68. The fraction of sp³-hybridized carbons (Fsp3) is 0.467. The number of benzene rings is 1. The van der Waals surface area contributed by atoms with E-state index in [9.17, 15) is 0 Å². The lowest BCUT2D eigenvalue weighted by molar-refractivity contribution is 0.528. The molecule has 1 aromatic heterocycles. The average Bonchev–Trinajstić information content (AvgIpc) is 2.65. The lowest BCUT2D eigenvalue weighted by Crippen LogP contribution is -2.39. The van der Waals surface area contributed by atoms with Crippen LogP contribution in [0.3, 0.4) is 0 Å². The largest absolute Gasteiger partial charge is 0.379 e. The summed E-state index contributed by atoms with van der Waals surface area (Å²) in [6, 6.07) is 8.65. The van der Waals surface area contributed by atoms with Crippen molar-refractivity contribution >= 4 is 16.6 Å². The van der Waals surface area contributed by atoms with Gasteiger partial charge in [0.25, 0.3) is 0 Å². The number of fused-ring (bicyclic) bond motifs is 1. The Labute approximate surface area is 113 Å². The van der Waals surface area contributed by atoms with Crippen LogP contribution in [0, 0.1) is 0 Å². The first-order valence-electron chi connectivity index (χ1n) is 7.07. The van der Waals surface area contributed by atoms with Gasteiger partial charge in [0.15, 0.2) is 0 Å². The molecule has 4 nitrogen and oxygen atoms in total. The molecule has 0 aliphatic heterocycles. The number of hydrogen-bond donors (Lipinski definition) is 2. The van der Waals surface area contributed by atoms with E-state index >= 15 is 0 Å². The number of anilines is 1. The van der Waals surface area contributed by atoms with Crippen LogP contribution in [0.1, 0.15) is 32.1 Å². The van der Waals surface area contributed by atoms with Gasteiger partial charge < -0.3 is 11.1 Å². The highest BCUT2D eigenvalue weighted by Crippen LogP contribution is 2.24. The van der Waals surface area contributed by atoms with Crippen LogP contribution in [0.2, 0.25) is 0 Å². The predicted molar refractivity (Wildman–Crippen MR) is 78.0 cm³/mol. The molecular formula is C15H20N4. The molecule has 3 N–H and O–H groups in total. The van der Waals surface area contributed by atoms with Gasteiger partial charge >= 0.3 is 0 Å². The summed E-state index contributed by atoms with van der Waals surface area (Å²) in [5.74, 6) is 0. The number of nitrogens with zero attached hydrogens (tertiary/aromatic N) is 2. The van der Waals surface area contributed by atoms with Crippen molar-refractivity contribution in [1.82, 2.24) is 10.2 Å². The van der Waals surface area contributed by atoms with Crippen LogP contribution >= 0.6 is 0 Å². The molecule has 1 aliphatic carbocycles. The minimum atomic E-state index is 0.231. The topological polar surface area (TPSA) is 63.8 Å². The van der Waals surface area contributed by atoms with Crippen LogP contribution in [0.15, 0.2) is 30.5 Å². The Morgan fingerprint density at radius 3 is 2.89 bits per heavy atom. The van der Waals surface area contributed by atoms with Crippen LogP contribution < -0.4 is 11.1 Å². The van der Waals surface area contributed by atoms with Gasteiger partial charge in [0, 0.05) is 17.5 Å². The molecule has 1 fully saturated rings. The van der Waals surface area contributed by atoms with E-state index in [4.69, 9.17) is 5.73 Å². The lowest BCUT2D eigenvalue weighted by atomic mass is 10.0. The molecule has 2 atom stereocenters. The van der Waals surface area contributed by atoms with E-state index in [1.807, 2.05) is 18.2 Å². The van der Waals surface area contributed by atoms with Crippen molar-refractivity contribution < 1.29 is 0 Å². The van der Waals surface area contributed by atoms with E-state index in [1.54, 1.807) is 6.20 Å². The highest BCUT2D eigenvalue weighted by Gasteiger charge is 2.20. The average molecular weight is 256 g/mol. The second-order valence-electron chi connectivity index (χ2n) is 5.33. The van der Waals surface area contributed by atoms with E-state index < -0.39 is 0 Å². The molecular weight excluding hydrogens is 236 g/mol. The molecule has 1 saturated carbocycles. The Bertz CT molecular complexity index is 549. The van der Waals surface area contributed by atoms with Gasteiger partial charge in [-0.15, -0.1) is 0 Å². The van der Waals surface area contributed by atoms with Gasteiger partial charge in [-0.1, -0.05) is 37.5 Å². The zero-order valence-electron chi connectivity index (χ0n) is 11.0. The summed E-state index contributed by atoms with van der Waals surface area (Å²) in [7, 11) is 0. The summed E-state index contributed by atoms with van der Waals surface area (Å²) in [5.41, 5.74) is 8.25. The smallest absolute Gasteiger partial charge is 0.0950 e. The summed E-state index contributed by atoms with van der Waals surface area (Å²) in [4.78, 5) is 0. The zero-order valence-corrected chi connectivity index (χ0v) is 11.0. The second-order valence-corrected chi connectivity index (χ2v) is 5.33. The van der Waals surface area contributed by atoms with Crippen LogP contribution in [-0.2, 0) is 0 Å². The fourth-order valence-electron chi connectivity index (χ4n) is 2.84. The quantitative estimate of drug-likeness (QED) is 0.811. The summed E-state index contributed by atoms with van der Waals surface area (Å²) in [5, 5.41) is 12.9. The molecule has 19 heavy (non-hydrogen) atoms. The predicted octanol–water partition coefficient (Wildman–Crippen LogP) is 2.70. The molecule has 1 aromatic carbocycles. The highest BCUT2D eigenvalue weighted by molar-refractivity contribution is 5.90. The third-order valence-electron chi connectivity index (χ3n) is 3.96. The maximum atomic E-state index is 6.27. The summed E-state index contributed by atoms with van der Waals surface area (Å²) in [6.07, 6.45) is 7.84. The summed E-state index contributed by atoms with van der Waals surface area (Å²) < 4.78 is 0. The molecule has 3 rings (SSSR count). The van der Waals surface area contributed by atoms with Crippen molar-refractivity contribution in [1.29, 1.82) is 0 Å². The summed E-state index contributed by atoms with van der Waals surface area (Å²) >= 11 is 0. The molecule has 4 heteroatoms. The number of nitrogens with two attached hydrogens (primary N) is 1. The van der Waals surface area contributed by atoms with Crippen molar-refractivity contribution in [3.8, 4) is 0 Å². The Kier molecular flexibility index (Phi) is 3.60. The van der Waals surface area contributed by atoms with E-state index in [-0.39, 0.29) is 6.04 Å². The fourth-order valence-corrected chi connectivity index (χ4v) is 2.84. The third kappa shape index (κ3) is 2.68. The van der Waals surface area contributed by atoms with E-state index in [2.05, 4.69) is 21.6 Å². The first-order valence-corrected chi connectivity index (χ1v) is 7.07. The second kappa shape index (κ2) is 5.53. The van der Waals surface area contributed by atoms with Crippen molar-refractivity contribution in [3.05, 3.63) is 30.5 Å². The maximum absolute atomic E-state index is 6.27. The SMILES string of the molecule is NC1CCCCCC1Nc1cnnc2ccccc12. The summed E-state index contributed by atoms with van der Waals surface area (Å²) in [6.45, 7) is 0. The standard InChI is InChI=1S/C15H20N4/c16-12-7-2-1-3-9-14(12)18-15-10-17-19-13-8-5-4-6-11(13)15/h4-6,8,10,12,14H,1-3,7,9,16H2,(H,18,19). The van der Waals surface area contributed by atoms with Gasteiger partial charge in [0.1, 0.15) is 0 Å². The monoisotopic (exact) mass is 256 g/mol. The first kappa shape index (κ1) is 12.4. The van der Waals surface area contributed by atoms with Gasteiger partial charge in [-0.05, 0) is 18.9 Å². The van der Waals surface area contributed by atoms with E-state index in [0.29, 0.717) is 6.04 Å². The lowest BCUT2D eigenvalue weighted by Gasteiger charge is -2.24. The van der Waals surface area contributed by atoms with Crippen LogP contribution in [0.5, 0.6) is 0 Å².